The van der Waals surface area contributed by atoms with Crippen LogP contribution in [0.5, 0.6) is 5.75 Å². The Labute approximate surface area is 103 Å². The number of nitrogens with zero attached hydrogens (tertiary/aromatic N) is 1. The van der Waals surface area contributed by atoms with Crippen LogP contribution in [0.15, 0.2) is 6.20 Å². The quantitative estimate of drug-likeness (QED) is 0.683. The number of hydrogen-bond acceptors (Lipinski definition) is 3. The Balaban J connectivity index is 3.31. The summed E-state index contributed by atoms with van der Waals surface area (Å²) in [4.78, 5) is 13.8. The molecule has 100 valence electrons. The highest BCUT2D eigenvalue weighted by molar-refractivity contribution is 6.17. The number of ether oxygens (including phenoxy) is 1. The van der Waals surface area contributed by atoms with Gasteiger partial charge in [0, 0.05) is 5.56 Å². The lowest BCUT2D eigenvalue weighted by molar-refractivity contribution is -0.275. The van der Waals surface area contributed by atoms with Gasteiger partial charge >= 0.3 is 12.3 Å². The standard InChI is InChI=1S/C9H6ClF4NO3/c10-2-6-8(18-9(12,13)14)4(1-7(16)17)5(11)3-15-6/h3H,1-2H2,(H,16,17). The van der Waals surface area contributed by atoms with E-state index in [2.05, 4.69) is 9.72 Å². The van der Waals surface area contributed by atoms with E-state index in [0.717, 1.165) is 0 Å². The molecular formula is C9H6ClF4NO3. The molecule has 0 radical (unpaired) electrons. The highest BCUT2D eigenvalue weighted by atomic mass is 35.5. The zero-order valence-electron chi connectivity index (χ0n) is 8.59. The smallest absolute Gasteiger partial charge is 0.481 e. The molecule has 0 amide bonds. The Hall–Kier alpha value is -1.57. The molecule has 1 rings (SSSR count). The van der Waals surface area contributed by atoms with Crippen molar-refractivity contribution < 1.29 is 32.2 Å². The summed E-state index contributed by atoms with van der Waals surface area (Å²) in [6.07, 6.45) is -5.47. The van der Waals surface area contributed by atoms with Gasteiger partial charge in [0.25, 0.3) is 0 Å². The Bertz CT molecular complexity index is 464. The van der Waals surface area contributed by atoms with E-state index >= 15 is 0 Å². The third kappa shape index (κ3) is 3.73. The first-order chi connectivity index (χ1) is 8.24. The van der Waals surface area contributed by atoms with E-state index in [9.17, 15) is 22.4 Å². The van der Waals surface area contributed by atoms with Crippen molar-refractivity contribution in [2.75, 3.05) is 0 Å². The van der Waals surface area contributed by atoms with Crippen molar-refractivity contribution in [3.05, 3.63) is 23.3 Å². The molecule has 0 fully saturated rings. The predicted octanol–water partition coefficient (Wildman–Crippen LogP) is 2.49. The number of hydrogen-bond donors (Lipinski definition) is 1. The average molecular weight is 288 g/mol. The van der Waals surface area contributed by atoms with Crippen LogP contribution in [-0.2, 0) is 17.1 Å². The van der Waals surface area contributed by atoms with Crippen molar-refractivity contribution in [3.63, 3.8) is 0 Å². The van der Waals surface area contributed by atoms with Crippen LogP contribution in [0.2, 0.25) is 0 Å². The van der Waals surface area contributed by atoms with Gasteiger partial charge in [-0.3, -0.25) is 9.78 Å². The van der Waals surface area contributed by atoms with Gasteiger partial charge in [0.05, 0.1) is 24.2 Å². The molecule has 0 saturated heterocycles. The second kappa shape index (κ2) is 5.38. The van der Waals surface area contributed by atoms with Crippen molar-refractivity contribution in [1.82, 2.24) is 4.98 Å². The maximum Gasteiger partial charge on any atom is 0.573 e. The summed E-state index contributed by atoms with van der Waals surface area (Å²) in [6, 6.07) is 0. The Kier molecular flexibility index (Phi) is 4.33. The summed E-state index contributed by atoms with van der Waals surface area (Å²) in [5, 5.41) is 8.52. The molecule has 0 spiro atoms. The molecule has 0 saturated carbocycles. The molecule has 1 heterocycles. The molecule has 0 aliphatic heterocycles. The summed E-state index contributed by atoms with van der Waals surface area (Å²) in [5.41, 5.74) is -1.13. The fourth-order valence-electron chi connectivity index (χ4n) is 1.20. The van der Waals surface area contributed by atoms with E-state index in [-0.39, 0.29) is 5.69 Å². The molecule has 0 atom stereocenters. The molecule has 18 heavy (non-hydrogen) atoms. The van der Waals surface area contributed by atoms with E-state index in [1.807, 2.05) is 0 Å². The second-order valence-corrected chi connectivity index (χ2v) is 3.38. The van der Waals surface area contributed by atoms with E-state index in [4.69, 9.17) is 16.7 Å². The van der Waals surface area contributed by atoms with Crippen LogP contribution in [0.4, 0.5) is 17.6 Å². The van der Waals surface area contributed by atoms with Crippen LogP contribution in [0, 0.1) is 5.82 Å². The van der Waals surface area contributed by atoms with E-state index in [0.29, 0.717) is 6.20 Å². The van der Waals surface area contributed by atoms with Gasteiger partial charge in [-0.1, -0.05) is 0 Å². The zero-order chi connectivity index (χ0) is 13.9. The first-order valence-electron chi connectivity index (χ1n) is 4.44. The number of carboxylic acid groups (broad SMARTS) is 1. The molecule has 0 aliphatic rings. The van der Waals surface area contributed by atoms with Gasteiger partial charge in [-0.2, -0.15) is 0 Å². The lowest BCUT2D eigenvalue weighted by Gasteiger charge is -2.15. The third-order valence-electron chi connectivity index (χ3n) is 1.83. The minimum atomic E-state index is -5.09. The van der Waals surface area contributed by atoms with Crippen molar-refractivity contribution in [2.24, 2.45) is 0 Å². The Morgan fingerprint density at radius 3 is 2.56 bits per heavy atom. The van der Waals surface area contributed by atoms with Crippen LogP contribution in [0.25, 0.3) is 0 Å². The lowest BCUT2D eigenvalue weighted by atomic mass is 10.1. The molecule has 0 aliphatic carbocycles. The van der Waals surface area contributed by atoms with Crippen LogP contribution < -0.4 is 4.74 Å². The maximum atomic E-state index is 13.3. The minimum absolute atomic E-state index is 0.383. The van der Waals surface area contributed by atoms with Crippen molar-refractivity contribution in [2.45, 2.75) is 18.7 Å². The lowest BCUT2D eigenvalue weighted by Crippen LogP contribution is -2.21. The number of halogens is 5. The summed E-state index contributed by atoms with van der Waals surface area (Å²) in [6.45, 7) is 0. The maximum absolute atomic E-state index is 13.3. The van der Waals surface area contributed by atoms with Gasteiger partial charge in [-0.25, -0.2) is 4.39 Å². The largest absolute Gasteiger partial charge is 0.573 e. The summed E-state index contributed by atoms with van der Waals surface area (Å²) >= 11 is 5.34. The number of rotatable bonds is 4. The molecule has 0 aromatic carbocycles. The van der Waals surface area contributed by atoms with Gasteiger partial charge in [-0.05, 0) is 0 Å². The molecule has 1 N–H and O–H groups in total. The summed E-state index contributed by atoms with van der Waals surface area (Å²) < 4.78 is 53.3. The molecule has 0 unspecified atom stereocenters. The van der Waals surface area contributed by atoms with Gasteiger partial charge in [0.2, 0.25) is 0 Å². The average Bonchev–Trinajstić information content (AvgIpc) is 2.21. The SMILES string of the molecule is O=C(O)Cc1c(F)cnc(CCl)c1OC(F)(F)F. The monoisotopic (exact) mass is 287 g/mol. The molecular weight excluding hydrogens is 282 g/mol. The number of aromatic nitrogens is 1. The zero-order valence-corrected chi connectivity index (χ0v) is 9.35. The molecule has 1 aromatic rings. The van der Waals surface area contributed by atoms with E-state index < -0.39 is 41.8 Å². The van der Waals surface area contributed by atoms with E-state index in [1.54, 1.807) is 0 Å². The van der Waals surface area contributed by atoms with Crippen LogP contribution in [-0.4, -0.2) is 22.4 Å². The summed E-state index contributed by atoms with van der Waals surface area (Å²) in [7, 11) is 0. The second-order valence-electron chi connectivity index (χ2n) is 3.11. The van der Waals surface area contributed by atoms with Gasteiger partial charge in [0.15, 0.2) is 5.75 Å². The van der Waals surface area contributed by atoms with Crippen LogP contribution in [0.3, 0.4) is 0 Å². The Morgan fingerprint density at radius 2 is 2.11 bits per heavy atom. The molecule has 0 bridgehead atoms. The highest BCUT2D eigenvalue weighted by Gasteiger charge is 2.34. The van der Waals surface area contributed by atoms with Gasteiger partial charge in [-0.15, -0.1) is 24.8 Å². The van der Waals surface area contributed by atoms with E-state index in [1.165, 1.54) is 0 Å². The topological polar surface area (TPSA) is 59.4 Å². The predicted molar refractivity (Wildman–Crippen MR) is 51.8 cm³/mol. The van der Waals surface area contributed by atoms with Crippen molar-refractivity contribution >= 4 is 17.6 Å². The fourth-order valence-corrected chi connectivity index (χ4v) is 1.39. The first-order valence-corrected chi connectivity index (χ1v) is 4.97. The molecule has 4 nitrogen and oxygen atoms in total. The summed E-state index contributed by atoms with van der Waals surface area (Å²) in [5.74, 6) is -4.18. The van der Waals surface area contributed by atoms with Gasteiger partial charge in [0.1, 0.15) is 5.82 Å². The van der Waals surface area contributed by atoms with Crippen LogP contribution in [0.1, 0.15) is 11.3 Å². The highest BCUT2D eigenvalue weighted by Crippen LogP contribution is 2.31. The molecule has 1 aromatic heterocycles. The number of carbonyl (C=O) groups is 1. The molecule has 9 heteroatoms. The number of pyridine rings is 1. The fraction of sp³-hybridized carbons (Fsp3) is 0.333. The normalized spacial score (nSPS) is 11.4. The van der Waals surface area contributed by atoms with Crippen molar-refractivity contribution in [3.8, 4) is 5.75 Å². The first kappa shape index (κ1) is 14.5. The van der Waals surface area contributed by atoms with Gasteiger partial charge < -0.3 is 9.84 Å². The van der Waals surface area contributed by atoms with Crippen molar-refractivity contribution in [1.29, 1.82) is 0 Å². The minimum Gasteiger partial charge on any atom is -0.481 e. The van der Waals surface area contributed by atoms with Crippen LogP contribution >= 0.6 is 11.6 Å². The number of carboxylic acids is 1. The number of alkyl halides is 4. The Morgan fingerprint density at radius 1 is 1.50 bits per heavy atom. The number of aliphatic carboxylic acids is 1. The third-order valence-corrected chi connectivity index (χ3v) is 2.08.